The van der Waals surface area contributed by atoms with Gasteiger partial charge in [-0.25, -0.2) is 26.3 Å². The van der Waals surface area contributed by atoms with E-state index in [1.807, 2.05) is 18.2 Å². The van der Waals surface area contributed by atoms with Crippen molar-refractivity contribution >= 4 is 30.8 Å². The zero-order chi connectivity index (χ0) is 15.5. The standard InChI is InChI=1S/C13H16N2O4S2/c1-14-20(16,17)10-9-15-21(18,19)13-8-4-6-11-5-2-3-7-12(11)13/h2-8,14-15H,9-10H2,1H3. The molecular formula is C13H16N2O4S2. The van der Waals surface area contributed by atoms with Gasteiger partial charge in [0, 0.05) is 11.9 Å². The molecule has 21 heavy (non-hydrogen) atoms. The summed E-state index contributed by atoms with van der Waals surface area (Å²) in [5.74, 6) is -0.312. The molecule has 6 nitrogen and oxygen atoms in total. The van der Waals surface area contributed by atoms with Gasteiger partial charge in [-0.05, 0) is 18.5 Å². The zero-order valence-corrected chi connectivity index (χ0v) is 13.0. The minimum absolute atomic E-state index is 0.141. The molecular weight excluding hydrogens is 312 g/mol. The summed E-state index contributed by atoms with van der Waals surface area (Å²) in [5.41, 5.74) is 0. The zero-order valence-electron chi connectivity index (χ0n) is 11.4. The maximum atomic E-state index is 12.3. The number of sulfonamides is 2. The molecule has 0 bridgehead atoms. The van der Waals surface area contributed by atoms with Crippen LogP contribution < -0.4 is 9.44 Å². The van der Waals surface area contributed by atoms with Gasteiger partial charge in [0.05, 0.1) is 10.6 Å². The Morgan fingerprint density at radius 3 is 2.33 bits per heavy atom. The van der Waals surface area contributed by atoms with Gasteiger partial charge in [0.15, 0.2) is 0 Å². The molecule has 0 aromatic heterocycles. The van der Waals surface area contributed by atoms with Gasteiger partial charge in [0.25, 0.3) is 0 Å². The van der Waals surface area contributed by atoms with Gasteiger partial charge in [-0.1, -0.05) is 36.4 Å². The highest BCUT2D eigenvalue weighted by molar-refractivity contribution is 7.90. The molecule has 0 atom stereocenters. The molecule has 0 aliphatic rings. The van der Waals surface area contributed by atoms with Gasteiger partial charge >= 0.3 is 0 Å². The van der Waals surface area contributed by atoms with Crippen molar-refractivity contribution in [2.75, 3.05) is 19.3 Å². The minimum Gasteiger partial charge on any atom is -0.218 e. The van der Waals surface area contributed by atoms with Crippen molar-refractivity contribution in [3.63, 3.8) is 0 Å². The maximum absolute atomic E-state index is 12.3. The third kappa shape index (κ3) is 3.79. The predicted octanol–water partition coefficient (Wildman–Crippen LogP) is 0.667. The summed E-state index contributed by atoms with van der Waals surface area (Å²) in [4.78, 5) is 0.141. The molecule has 0 unspecified atom stereocenters. The molecule has 0 fully saturated rings. The SMILES string of the molecule is CNS(=O)(=O)CCNS(=O)(=O)c1cccc2ccccc12. The molecule has 0 heterocycles. The predicted molar refractivity (Wildman–Crippen MR) is 82.0 cm³/mol. The molecule has 2 aromatic rings. The highest BCUT2D eigenvalue weighted by atomic mass is 32.2. The molecule has 8 heteroatoms. The van der Waals surface area contributed by atoms with E-state index in [1.165, 1.54) is 13.1 Å². The smallest absolute Gasteiger partial charge is 0.218 e. The first kappa shape index (κ1) is 15.9. The first-order valence-corrected chi connectivity index (χ1v) is 9.38. The Morgan fingerprint density at radius 2 is 1.62 bits per heavy atom. The van der Waals surface area contributed by atoms with E-state index in [0.717, 1.165) is 5.39 Å². The molecule has 114 valence electrons. The van der Waals surface area contributed by atoms with E-state index in [4.69, 9.17) is 0 Å². The van der Waals surface area contributed by atoms with E-state index in [0.29, 0.717) is 5.39 Å². The Morgan fingerprint density at radius 1 is 0.952 bits per heavy atom. The first-order valence-electron chi connectivity index (χ1n) is 6.24. The third-order valence-electron chi connectivity index (χ3n) is 3.01. The lowest BCUT2D eigenvalue weighted by atomic mass is 10.1. The van der Waals surface area contributed by atoms with E-state index in [9.17, 15) is 16.8 Å². The highest BCUT2D eigenvalue weighted by Gasteiger charge is 2.17. The lowest BCUT2D eigenvalue weighted by Crippen LogP contribution is -2.33. The molecule has 0 saturated carbocycles. The van der Waals surface area contributed by atoms with Gasteiger partial charge < -0.3 is 0 Å². The molecule has 0 radical (unpaired) electrons. The Labute approximate surface area is 124 Å². The van der Waals surface area contributed by atoms with Gasteiger partial charge in [-0.2, -0.15) is 0 Å². The largest absolute Gasteiger partial charge is 0.241 e. The van der Waals surface area contributed by atoms with E-state index >= 15 is 0 Å². The van der Waals surface area contributed by atoms with Gasteiger partial charge in [0.2, 0.25) is 20.0 Å². The van der Waals surface area contributed by atoms with E-state index in [-0.39, 0.29) is 17.2 Å². The average molecular weight is 328 g/mol. The van der Waals surface area contributed by atoms with Crippen molar-refractivity contribution in [3.8, 4) is 0 Å². The number of fused-ring (bicyclic) bond motifs is 1. The Kier molecular flexibility index (Phi) is 4.62. The fraction of sp³-hybridized carbons (Fsp3) is 0.231. The minimum atomic E-state index is -3.76. The number of hydrogen-bond acceptors (Lipinski definition) is 4. The van der Waals surface area contributed by atoms with Gasteiger partial charge in [-0.15, -0.1) is 0 Å². The molecule has 0 amide bonds. The van der Waals surface area contributed by atoms with Crippen molar-refractivity contribution in [3.05, 3.63) is 42.5 Å². The average Bonchev–Trinajstić information content (AvgIpc) is 2.46. The van der Waals surface area contributed by atoms with Crippen molar-refractivity contribution < 1.29 is 16.8 Å². The molecule has 0 aliphatic carbocycles. The second-order valence-electron chi connectivity index (χ2n) is 4.40. The molecule has 0 saturated heterocycles. The third-order valence-corrected chi connectivity index (χ3v) is 5.90. The molecule has 2 N–H and O–H groups in total. The summed E-state index contributed by atoms with van der Waals surface area (Å²) in [6.07, 6.45) is 0. The van der Waals surface area contributed by atoms with Crippen LogP contribution in [-0.2, 0) is 20.0 Å². The van der Waals surface area contributed by atoms with Crippen LogP contribution in [0.3, 0.4) is 0 Å². The van der Waals surface area contributed by atoms with Gasteiger partial charge in [0.1, 0.15) is 0 Å². The summed E-state index contributed by atoms with van der Waals surface area (Å²) in [6, 6.07) is 12.1. The number of hydrogen-bond donors (Lipinski definition) is 2. The van der Waals surface area contributed by atoms with Crippen molar-refractivity contribution in [1.29, 1.82) is 0 Å². The van der Waals surface area contributed by atoms with E-state index in [2.05, 4.69) is 9.44 Å². The summed E-state index contributed by atoms with van der Waals surface area (Å²) in [5, 5.41) is 1.41. The van der Waals surface area contributed by atoms with Crippen LogP contribution in [0.15, 0.2) is 47.4 Å². The summed E-state index contributed by atoms with van der Waals surface area (Å²) in [6.45, 7) is -0.186. The summed E-state index contributed by atoms with van der Waals surface area (Å²) >= 11 is 0. The van der Waals surface area contributed by atoms with Crippen LogP contribution in [0.1, 0.15) is 0 Å². The molecule has 2 aromatic carbocycles. The van der Waals surface area contributed by atoms with Crippen molar-refractivity contribution in [2.45, 2.75) is 4.90 Å². The van der Waals surface area contributed by atoms with Crippen LogP contribution in [-0.4, -0.2) is 36.2 Å². The quantitative estimate of drug-likeness (QED) is 0.815. The van der Waals surface area contributed by atoms with Crippen molar-refractivity contribution in [1.82, 2.24) is 9.44 Å². The lowest BCUT2D eigenvalue weighted by Gasteiger charge is -2.09. The summed E-state index contributed by atoms with van der Waals surface area (Å²) in [7, 11) is -5.92. The fourth-order valence-corrected chi connectivity index (χ4v) is 3.88. The van der Waals surface area contributed by atoms with E-state index < -0.39 is 20.0 Å². The first-order chi connectivity index (χ1) is 9.86. The van der Waals surface area contributed by atoms with Crippen LogP contribution in [0.5, 0.6) is 0 Å². The van der Waals surface area contributed by atoms with Gasteiger partial charge in [-0.3, -0.25) is 0 Å². The monoisotopic (exact) mass is 328 g/mol. The Bertz CT molecular complexity index is 840. The Balaban J connectivity index is 2.27. The number of nitrogens with one attached hydrogen (secondary N) is 2. The maximum Gasteiger partial charge on any atom is 0.241 e. The molecule has 2 rings (SSSR count). The van der Waals surface area contributed by atoms with E-state index in [1.54, 1.807) is 18.2 Å². The van der Waals surface area contributed by atoms with Crippen LogP contribution in [0.25, 0.3) is 10.8 Å². The number of rotatable bonds is 6. The van der Waals surface area contributed by atoms with Crippen LogP contribution >= 0.6 is 0 Å². The van der Waals surface area contributed by atoms with Crippen molar-refractivity contribution in [2.24, 2.45) is 0 Å². The molecule has 0 aliphatic heterocycles. The fourth-order valence-electron chi connectivity index (χ4n) is 1.92. The van der Waals surface area contributed by atoms with Crippen LogP contribution in [0.2, 0.25) is 0 Å². The summed E-state index contributed by atoms with van der Waals surface area (Å²) < 4.78 is 51.6. The normalized spacial score (nSPS) is 12.6. The lowest BCUT2D eigenvalue weighted by molar-refractivity contribution is 0.579. The second-order valence-corrected chi connectivity index (χ2v) is 8.18. The van der Waals surface area contributed by atoms with Crippen LogP contribution in [0.4, 0.5) is 0 Å². The topological polar surface area (TPSA) is 92.3 Å². The highest BCUT2D eigenvalue weighted by Crippen LogP contribution is 2.22. The number of benzene rings is 2. The Hall–Kier alpha value is -1.48. The molecule has 0 spiro atoms. The van der Waals surface area contributed by atoms with Crippen LogP contribution in [0, 0.1) is 0 Å². The second kappa shape index (κ2) is 6.10.